The van der Waals surface area contributed by atoms with E-state index in [-0.39, 0.29) is 0 Å². The molecule has 2 aliphatic heterocycles. The monoisotopic (exact) mass is 267 g/mol. The SMILES string of the molecule is Cc1ccc2ccccc2c1C1(O)CC2CCC(C1)N2. The third-order valence-electron chi connectivity index (χ3n) is 5.11. The van der Waals surface area contributed by atoms with Crippen LogP contribution in [0.25, 0.3) is 10.8 Å². The minimum atomic E-state index is -0.665. The molecule has 0 radical (unpaired) electrons. The Bertz CT molecular complexity index is 652. The molecule has 0 amide bonds. The van der Waals surface area contributed by atoms with Gasteiger partial charge in [0.2, 0.25) is 0 Å². The molecule has 20 heavy (non-hydrogen) atoms. The predicted octanol–water partition coefficient (Wildman–Crippen LogP) is 3.25. The van der Waals surface area contributed by atoms with Gasteiger partial charge in [-0.05, 0) is 54.5 Å². The van der Waals surface area contributed by atoms with Gasteiger partial charge in [-0.3, -0.25) is 0 Å². The summed E-state index contributed by atoms with van der Waals surface area (Å²) in [6.07, 6.45) is 4.10. The van der Waals surface area contributed by atoms with Gasteiger partial charge in [0.25, 0.3) is 0 Å². The van der Waals surface area contributed by atoms with E-state index in [4.69, 9.17) is 0 Å². The second-order valence-electron chi connectivity index (χ2n) is 6.56. The van der Waals surface area contributed by atoms with Crippen molar-refractivity contribution in [3.8, 4) is 0 Å². The maximum Gasteiger partial charge on any atom is 0.0934 e. The van der Waals surface area contributed by atoms with E-state index in [1.54, 1.807) is 0 Å². The number of piperidine rings is 1. The van der Waals surface area contributed by atoms with E-state index < -0.39 is 5.60 Å². The van der Waals surface area contributed by atoms with Crippen LogP contribution < -0.4 is 5.32 Å². The number of aliphatic hydroxyl groups is 1. The van der Waals surface area contributed by atoms with E-state index in [0.29, 0.717) is 12.1 Å². The minimum absolute atomic E-state index is 0.483. The summed E-state index contributed by atoms with van der Waals surface area (Å²) in [5, 5.41) is 17.4. The molecule has 2 fully saturated rings. The van der Waals surface area contributed by atoms with Crippen LogP contribution in [0.3, 0.4) is 0 Å². The number of hydrogen-bond donors (Lipinski definition) is 2. The Morgan fingerprint density at radius 3 is 2.50 bits per heavy atom. The summed E-state index contributed by atoms with van der Waals surface area (Å²) in [5.74, 6) is 0. The fourth-order valence-electron chi connectivity index (χ4n) is 4.33. The number of benzene rings is 2. The van der Waals surface area contributed by atoms with Gasteiger partial charge < -0.3 is 10.4 Å². The molecule has 2 aromatic carbocycles. The molecule has 2 unspecified atom stereocenters. The third kappa shape index (κ3) is 1.79. The van der Waals surface area contributed by atoms with E-state index in [1.165, 1.54) is 29.2 Å². The molecule has 0 aliphatic carbocycles. The summed E-state index contributed by atoms with van der Waals surface area (Å²) in [5.41, 5.74) is 1.71. The zero-order valence-electron chi connectivity index (χ0n) is 11.9. The Hall–Kier alpha value is -1.38. The Balaban J connectivity index is 1.91. The van der Waals surface area contributed by atoms with Crippen LogP contribution in [0.15, 0.2) is 36.4 Å². The molecule has 2 heterocycles. The Kier molecular flexibility index (Phi) is 2.66. The van der Waals surface area contributed by atoms with Gasteiger partial charge in [-0.1, -0.05) is 36.4 Å². The van der Waals surface area contributed by atoms with Crippen molar-refractivity contribution in [3.05, 3.63) is 47.5 Å². The van der Waals surface area contributed by atoms with Crippen LogP contribution >= 0.6 is 0 Å². The Morgan fingerprint density at radius 1 is 1.05 bits per heavy atom. The molecule has 2 heteroatoms. The molecular weight excluding hydrogens is 246 g/mol. The van der Waals surface area contributed by atoms with Crippen molar-refractivity contribution in [2.75, 3.05) is 0 Å². The van der Waals surface area contributed by atoms with Gasteiger partial charge in [-0.2, -0.15) is 0 Å². The summed E-state index contributed by atoms with van der Waals surface area (Å²) in [4.78, 5) is 0. The second kappa shape index (κ2) is 4.31. The number of hydrogen-bond acceptors (Lipinski definition) is 2. The first-order valence-corrected chi connectivity index (χ1v) is 7.63. The van der Waals surface area contributed by atoms with Crippen molar-refractivity contribution in [2.24, 2.45) is 0 Å². The van der Waals surface area contributed by atoms with Crippen LogP contribution in [-0.4, -0.2) is 17.2 Å². The van der Waals surface area contributed by atoms with E-state index in [9.17, 15) is 5.11 Å². The normalized spacial score (nSPS) is 32.7. The fourth-order valence-corrected chi connectivity index (χ4v) is 4.33. The highest BCUT2D eigenvalue weighted by Gasteiger charge is 2.44. The highest BCUT2D eigenvalue weighted by Crippen LogP contribution is 2.44. The Labute approximate surface area is 119 Å². The Morgan fingerprint density at radius 2 is 1.75 bits per heavy atom. The van der Waals surface area contributed by atoms with Crippen molar-refractivity contribution in [1.82, 2.24) is 5.32 Å². The van der Waals surface area contributed by atoms with Crippen LogP contribution in [-0.2, 0) is 5.60 Å². The minimum Gasteiger partial charge on any atom is -0.385 e. The van der Waals surface area contributed by atoms with E-state index in [1.807, 2.05) is 0 Å². The first kappa shape index (κ1) is 12.4. The topological polar surface area (TPSA) is 32.3 Å². The number of fused-ring (bicyclic) bond motifs is 3. The largest absolute Gasteiger partial charge is 0.385 e. The summed E-state index contributed by atoms with van der Waals surface area (Å²) in [7, 11) is 0. The maximum absolute atomic E-state index is 11.4. The highest BCUT2D eigenvalue weighted by atomic mass is 16.3. The molecule has 0 spiro atoms. The molecule has 2 bridgehead atoms. The lowest BCUT2D eigenvalue weighted by atomic mass is 9.77. The summed E-state index contributed by atoms with van der Waals surface area (Å²) in [6, 6.07) is 13.7. The zero-order chi connectivity index (χ0) is 13.7. The quantitative estimate of drug-likeness (QED) is 0.831. The van der Waals surface area contributed by atoms with Crippen molar-refractivity contribution >= 4 is 10.8 Å². The standard InChI is InChI=1S/C18H21NO/c1-12-6-7-13-4-2-3-5-16(13)17(12)18(20)10-14-8-9-15(11-18)19-14/h2-7,14-15,19-20H,8-11H2,1H3. The predicted molar refractivity (Wildman–Crippen MR) is 81.8 cm³/mol. The lowest BCUT2D eigenvalue weighted by molar-refractivity contribution is -0.0106. The van der Waals surface area contributed by atoms with E-state index in [0.717, 1.165) is 18.4 Å². The van der Waals surface area contributed by atoms with Crippen LogP contribution in [0.1, 0.15) is 36.8 Å². The van der Waals surface area contributed by atoms with E-state index in [2.05, 4.69) is 48.6 Å². The van der Waals surface area contributed by atoms with Gasteiger partial charge in [0, 0.05) is 12.1 Å². The summed E-state index contributed by atoms with van der Waals surface area (Å²) < 4.78 is 0. The lowest BCUT2D eigenvalue weighted by Gasteiger charge is -2.39. The van der Waals surface area contributed by atoms with Crippen LogP contribution in [0, 0.1) is 6.92 Å². The molecule has 2 nitrogen and oxygen atoms in total. The second-order valence-corrected chi connectivity index (χ2v) is 6.56. The van der Waals surface area contributed by atoms with Crippen molar-refractivity contribution < 1.29 is 5.11 Å². The lowest BCUT2D eigenvalue weighted by Crippen LogP contribution is -2.47. The molecule has 4 rings (SSSR count). The molecule has 2 aromatic rings. The third-order valence-corrected chi connectivity index (χ3v) is 5.11. The van der Waals surface area contributed by atoms with Crippen molar-refractivity contribution in [1.29, 1.82) is 0 Å². The maximum atomic E-state index is 11.4. The summed E-state index contributed by atoms with van der Waals surface area (Å²) >= 11 is 0. The molecule has 104 valence electrons. The van der Waals surface area contributed by atoms with Gasteiger partial charge in [-0.15, -0.1) is 0 Å². The smallest absolute Gasteiger partial charge is 0.0934 e. The number of nitrogens with one attached hydrogen (secondary N) is 1. The molecular formula is C18H21NO. The van der Waals surface area contributed by atoms with Crippen LogP contribution in [0.4, 0.5) is 0 Å². The zero-order valence-corrected chi connectivity index (χ0v) is 11.9. The van der Waals surface area contributed by atoms with Crippen molar-refractivity contribution in [3.63, 3.8) is 0 Å². The average Bonchev–Trinajstić information content (AvgIpc) is 2.78. The average molecular weight is 267 g/mol. The van der Waals surface area contributed by atoms with Gasteiger partial charge in [0.15, 0.2) is 0 Å². The van der Waals surface area contributed by atoms with E-state index >= 15 is 0 Å². The molecule has 2 saturated heterocycles. The first-order valence-electron chi connectivity index (χ1n) is 7.63. The molecule has 2 atom stereocenters. The van der Waals surface area contributed by atoms with Crippen molar-refractivity contribution in [2.45, 2.75) is 50.3 Å². The van der Waals surface area contributed by atoms with Crippen LogP contribution in [0.5, 0.6) is 0 Å². The van der Waals surface area contributed by atoms with Gasteiger partial charge in [0.1, 0.15) is 0 Å². The molecule has 2 aliphatic rings. The number of rotatable bonds is 1. The first-order chi connectivity index (χ1) is 9.66. The number of aryl methyl sites for hydroxylation is 1. The summed E-state index contributed by atoms with van der Waals surface area (Å²) in [6.45, 7) is 2.13. The van der Waals surface area contributed by atoms with Crippen LogP contribution in [0.2, 0.25) is 0 Å². The molecule has 0 saturated carbocycles. The molecule has 0 aromatic heterocycles. The van der Waals surface area contributed by atoms with Gasteiger partial charge in [0.05, 0.1) is 5.60 Å². The highest BCUT2D eigenvalue weighted by molar-refractivity contribution is 5.87. The fraction of sp³-hybridized carbons (Fsp3) is 0.444. The van der Waals surface area contributed by atoms with Gasteiger partial charge >= 0.3 is 0 Å². The van der Waals surface area contributed by atoms with Gasteiger partial charge in [-0.25, -0.2) is 0 Å². The molecule has 2 N–H and O–H groups in total.